The SMILES string of the molecule is COCCCN1CCC[C@]2(CCN(C(=O)c3ccccc3C#N)C2)C1=O. The molecule has 1 spiro atoms. The molecule has 2 saturated heterocycles. The van der Waals surface area contributed by atoms with Crippen LogP contribution in [0.3, 0.4) is 0 Å². The topological polar surface area (TPSA) is 73.6 Å². The number of methoxy groups -OCH3 is 1. The van der Waals surface area contributed by atoms with E-state index in [2.05, 4.69) is 6.07 Å². The predicted molar refractivity (Wildman–Crippen MR) is 96.4 cm³/mol. The Kier molecular flexibility index (Phi) is 5.58. The van der Waals surface area contributed by atoms with Crippen molar-refractivity contribution in [3.05, 3.63) is 35.4 Å². The molecule has 2 aliphatic heterocycles. The second kappa shape index (κ2) is 7.88. The minimum Gasteiger partial charge on any atom is -0.385 e. The lowest BCUT2D eigenvalue weighted by Crippen LogP contribution is -2.50. The Morgan fingerprint density at radius 2 is 2.12 bits per heavy atom. The van der Waals surface area contributed by atoms with Gasteiger partial charge in [0.15, 0.2) is 0 Å². The summed E-state index contributed by atoms with van der Waals surface area (Å²) in [5, 5.41) is 9.24. The number of piperidine rings is 1. The Hall–Kier alpha value is -2.39. The largest absolute Gasteiger partial charge is 0.385 e. The van der Waals surface area contributed by atoms with Crippen LogP contribution < -0.4 is 0 Å². The van der Waals surface area contributed by atoms with Gasteiger partial charge < -0.3 is 14.5 Å². The molecule has 1 aromatic carbocycles. The molecule has 0 unspecified atom stereocenters. The zero-order valence-corrected chi connectivity index (χ0v) is 15.2. The van der Waals surface area contributed by atoms with Crippen LogP contribution >= 0.6 is 0 Å². The van der Waals surface area contributed by atoms with Crippen LogP contribution in [0.2, 0.25) is 0 Å². The van der Waals surface area contributed by atoms with Gasteiger partial charge in [0.1, 0.15) is 0 Å². The van der Waals surface area contributed by atoms with Gasteiger partial charge in [-0.3, -0.25) is 9.59 Å². The van der Waals surface area contributed by atoms with E-state index in [1.165, 1.54) is 0 Å². The van der Waals surface area contributed by atoms with Crippen molar-refractivity contribution >= 4 is 11.8 Å². The summed E-state index contributed by atoms with van der Waals surface area (Å²) >= 11 is 0. The minimum absolute atomic E-state index is 0.150. The molecule has 0 saturated carbocycles. The molecule has 2 amide bonds. The third-order valence-corrected chi connectivity index (χ3v) is 5.52. The molecule has 26 heavy (non-hydrogen) atoms. The van der Waals surface area contributed by atoms with Crippen molar-refractivity contribution in [2.75, 3.05) is 39.9 Å². The van der Waals surface area contributed by atoms with Crippen molar-refractivity contribution in [3.63, 3.8) is 0 Å². The van der Waals surface area contributed by atoms with Crippen LogP contribution in [-0.2, 0) is 9.53 Å². The number of carbonyl (C=O) groups is 2. The van der Waals surface area contributed by atoms with E-state index in [-0.39, 0.29) is 11.8 Å². The van der Waals surface area contributed by atoms with Crippen molar-refractivity contribution in [1.82, 2.24) is 9.80 Å². The van der Waals surface area contributed by atoms with Gasteiger partial charge in [-0.15, -0.1) is 0 Å². The Morgan fingerprint density at radius 3 is 2.88 bits per heavy atom. The molecule has 2 fully saturated rings. The van der Waals surface area contributed by atoms with Crippen molar-refractivity contribution in [2.24, 2.45) is 5.41 Å². The van der Waals surface area contributed by atoms with Crippen LogP contribution in [0.25, 0.3) is 0 Å². The molecule has 0 aliphatic carbocycles. The maximum Gasteiger partial charge on any atom is 0.255 e. The monoisotopic (exact) mass is 355 g/mol. The molecule has 1 aromatic rings. The molecular weight excluding hydrogens is 330 g/mol. The fourth-order valence-corrected chi connectivity index (χ4v) is 4.13. The number of amides is 2. The number of rotatable bonds is 5. The van der Waals surface area contributed by atoms with Crippen LogP contribution in [0.15, 0.2) is 24.3 Å². The fourth-order valence-electron chi connectivity index (χ4n) is 4.13. The third-order valence-electron chi connectivity index (χ3n) is 5.52. The molecule has 0 radical (unpaired) electrons. The molecule has 0 bridgehead atoms. The average Bonchev–Trinajstić information content (AvgIpc) is 3.10. The van der Waals surface area contributed by atoms with Gasteiger partial charge in [0.2, 0.25) is 5.91 Å². The maximum absolute atomic E-state index is 13.1. The highest BCUT2D eigenvalue weighted by Gasteiger charge is 2.49. The summed E-state index contributed by atoms with van der Waals surface area (Å²) in [7, 11) is 1.67. The Bertz CT molecular complexity index is 727. The highest BCUT2D eigenvalue weighted by atomic mass is 16.5. The van der Waals surface area contributed by atoms with Gasteiger partial charge in [-0.2, -0.15) is 5.26 Å². The highest BCUT2D eigenvalue weighted by molar-refractivity contribution is 5.97. The van der Waals surface area contributed by atoms with Crippen LogP contribution in [-0.4, -0.2) is 61.5 Å². The number of ether oxygens (including phenoxy) is 1. The van der Waals surface area contributed by atoms with Gasteiger partial charge in [-0.25, -0.2) is 0 Å². The molecule has 6 heteroatoms. The van der Waals surface area contributed by atoms with E-state index in [4.69, 9.17) is 4.74 Å². The van der Waals surface area contributed by atoms with E-state index in [9.17, 15) is 14.9 Å². The zero-order chi connectivity index (χ0) is 18.6. The summed E-state index contributed by atoms with van der Waals surface area (Å²) in [6, 6.07) is 8.94. The smallest absolute Gasteiger partial charge is 0.255 e. The Balaban J connectivity index is 1.71. The molecule has 138 valence electrons. The maximum atomic E-state index is 13.1. The highest BCUT2D eigenvalue weighted by Crippen LogP contribution is 2.40. The quantitative estimate of drug-likeness (QED) is 0.758. The van der Waals surface area contributed by atoms with Crippen LogP contribution in [0.1, 0.15) is 41.6 Å². The van der Waals surface area contributed by atoms with E-state index in [1.807, 2.05) is 4.90 Å². The molecule has 1 atom stereocenters. The summed E-state index contributed by atoms with van der Waals surface area (Å²) in [4.78, 5) is 29.6. The normalized spacial score (nSPS) is 22.7. The van der Waals surface area contributed by atoms with E-state index in [1.54, 1.807) is 36.3 Å². The van der Waals surface area contributed by atoms with Crippen LogP contribution in [0.5, 0.6) is 0 Å². The standard InChI is InChI=1S/C20H25N3O3/c1-26-13-5-11-22-10-4-8-20(19(22)25)9-12-23(15-20)18(24)17-7-3-2-6-16(17)14-21/h2-3,6-7H,4-5,8-13,15H2,1H3/t20-/m1/s1. The number of nitrogens with zero attached hydrogens (tertiary/aromatic N) is 3. The number of hydrogen-bond donors (Lipinski definition) is 0. The second-order valence-electron chi connectivity index (χ2n) is 7.16. The molecule has 2 heterocycles. The summed E-state index contributed by atoms with van der Waals surface area (Å²) in [5.74, 6) is 0.0204. The van der Waals surface area contributed by atoms with Gasteiger partial charge in [-0.1, -0.05) is 12.1 Å². The van der Waals surface area contributed by atoms with E-state index < -0.39 is 5.41 Å². The number of nitriles is 1. The number of hydrogen-bond acceptors (Lipinski definition) is 4. The van der Waals surface area contributed by atoms with Gasteiger partial charge in [0, 0.05) is 39.9 Å². The fraction of sp³-hybridized carbons (Fsp3) is 0.550. The third kappa shape index (κ3) is 3.45. The van der Waals surface area contributed by atoms with Gasteiger partial charge in [0.25, 0.3) is 5.91 Å². The van der Waals surface area contributed by atoms with Gasteiger partial charge in [0.05, 0.1) is 22.6 Å². The molecule has 2 aliphatic rings. The lowest BCUT2D eigenvalue weighted by Gasteiger charge is -2.39. The summed E-state index contributed by atoms with van der Waals surface area (Å²) in [5.41, 5.74) is 0.352. The predicted octanol–water partition coefficient (Wildman–Crippen LogP) is 2.05. The molecule has 6 nitrogen and oxygen atoms in total. The first-order chi connectivity index (χ1) is 12.6. The zero-order valence-electron chi connectivity index (χ0n) is 15.2. The Labute approximate surface area is 154 Å². The van der Waals surface area contributed by atoms with Crippen molar-refractivity contribution in [1.29, 1.82) is 5.26 Å². The summed E-state index contributed by atoms with van der Waals surface area (Å²) in [6.07, 6.45) is 3.33. The molecule has 0 aromatic heterocycles. The van der Waals surface area contributed by atoms with Crippen molar-refractivity contribution < 1.29 is 14.3 Å². The molecule has 0 N–H and O–H groups in total. The first kappa shape index (κ1) is 18.4. The lowest BCUT2D eigenvalue weighted by atomic mass is 9.78. The van der Waals surface area contributed by atoms with Crippen LogP contribution in [0, 0.1) is 16.7 Å². The Morgan fingerprint density at radius 1 is 1.31 bits per heavy atom. The minimum atomic E-state index is -0.456. The average molecular weight is 355 g/mol. The lowest BCUT2D eigenvalue weighted by molar-refractivity contribution is -0.145. The first-order valence-corrected chi connectivity index (χ1v) is 9.18. The van der Waals surface area contributed by atoms with Gasteiger partial charge in [-0.05, 0) is 37.8 Å². The summed E-state index contributed by atoms with van der Waals surface area (Å²) < 4.78 is 5.09. The van der Waals surface area contributed by atoms with E-state index >= 15 is 0 Å². The first-order valence-electron chi connectivity index (χ1n) is 9.18. The number of benzene rings is 1. The number of likely N-dealkylation sites (tertiary alicyclic amines) is 2. The number of carbonyl (C=O) groups excluding carboxylic acids is 2. The van der Waals surface area contributed by atoms with Crippen molar-refractivity contribution in [2.45, 2.75) is 25.7 Å². The van der Waals surface area contributed by atoms with E-state index in [0.29, 0.717) is 43.8 Å². The van der Waals surface area contributed by atoms with Crippen LogP contribution in [0.4, 0.5) is 0 Å². The van der Waals surface area contributed by atoms with Gasteiger partial charge >= 0.3 is 0 Å². The summed E-state index contributed by atoms with van der Waals surface area (Å²) in [6.45, 7) is 3.16. The molecule has 3 rings (SSSR count). The molecular formula is C20H25N3O3. The second-order valence-corrected chi connectivity index (χ2v) is 7.16. The van der Waals surface area contributed by atoms with E-state index in [0.717, 1.165) is 25.8 Å². The van der Waals surface area contributed by atoms with Crippen molar-refractivity contribution in [3.8, 4) is 6.07 Å².